The van der Waals surface area contributed by atoms with Crippen molar-refractivity contribution in [1.82, 2.24) is 5.32 Å². The number of carbonyl (C=O) groups is 1. The quantitative estimate of drug-likeness (QED) is 0.783. The first-order valence-corrected chi connectivity index (χ1v) is 7.76. The summed E-state index contributed by atoms with van der Waals surface area (Å²) >= 11 is 6.09. The maximum atomic E-state index is 12.1. The van der Waals surface area contributed by atoms with Crippen LogP contribution in [0.15, 0.2) is 48.5 Å². The molecule has 2 aromatic rings. The predicted octanol–water partition coefficient (Wildman–Crippen LogP) is 4.53. The van der Waals surface area contributed by atoms with Crippen LogP contribution in [0.5, 0.6) is 5.75 Å². The van der Waals surface area contributed by atoms with Crippen molar-refractivity contribution >= 4 is 23.2 Å². The summed E-state index contributed by atoms with van der Waals surface area (Å²) in [4.78, 5) is 11.9. The first-order valence-electron chi connectivity index (χ1n) is 7.38. The molecule has 0 saturated carbocycles. The van der Waals surface area contributed by atoms with Crippen molar-refractivity contribution in [2.24, 2.45) is 0 Å². The highest BCUT2D eigenvalue weighted by Crippen LogP contribution is 2.24. The highest BCUT2D eigenvalue weighted by atomic mass is 35.5. The lowest BCUT2D eigenvalue weighted by Crippen LogP contribution is -2.30. The number of alkyl halides is 3. The van der Waals surface area contributed by atoms with Crippen molar-refractivity contribution in [3.63, 3.8) is 0 Å². The zero-order valence-corrected chi connectivity index (χ0v) is 14.0. The van der Waals surface area contributed by atoms with Gasteiger partial charge >= 0.3 is 6.36 Å². The van der Waals surface area contributed by atoms with Gasteiger partial charge in [-0.3, -0.25) is 4.79 Å². The van der Waals surface area contributed by atoms with E-state index >= 15 is 0 Å². The molecule has 8 heteroatoms. The second-order valence-electron chi connectivity index (χ2n) is 5.24. The normalized spacial score (nSPS) is 12.5. The van der Waals surface area contributed by atoms with Crippen LogP contribution in [-0.2, 0) is 4.79 Å². The number of benzene rings is 2. The van der Waals surface area contributed by atoms with E-state index in [1.165, 1.54) is 12.1 Å². The molecule has 0 saturated heterocycles. The van der Waals surface area contributed by atoms with Gasteiger partial charge in [-0.15, -0.1) is 13.2 Å². The zero-order chi connectivity index (χ0) is 18.4. The summed E-state index contributed by atoms with van der Waals surface area (Å²) in [6.07, 6.45) is -4.75. The molecule has 0 bridgehead atoms. The van der Waals surface area contributed by atoms with Crippen LogP contribution in [-0.4, -0.2) is 18.8 Å². The number of hydrogen-bond donors (Lipinski definition) is 2. The Hall–Kier alpha value is -2.25. The Labute approximate surface area is 147 Å². The Morgan fingerprint density at radius 3 is 2.40 bits per heavy atom. The molecule has 2 N–H and O–H groups in total. The summed E-state index contributed by atoms with van der Waals surface area (Å²) in [5.41, 5.74) is 1.23. The average molecular weight is 373 g/mol. The van der Waals surface area contributed by atoms with E-state index < -0.39 is 6.36 Å². The molecule has 1 atom stereocenters. The highest BCUT2D eigenvalue weighted by Gasteiger charge is 2.30. The van der Waals surface area contributed by atoms with Gasteiger partial charge in [-0.2, -0.15) is 0 Å². The SMILES string of the molecule is CC(NCC(=O)Nc1ccc(OC(F)(F)F)cc1)c1ccccc1Cl. The lowest BCUT2D eigenvalue weighted by atomic mass is 10.1. The maximum Gasteiger partial charge on any atom is 0.573 e. The van der Waals surface area contributed by atoms with E-state index in [4.69, 9.17) is 11.6 Å². The topological polar surface area (TPSA) is 50.4 Å². The third-order valence-corrected chi connectivity index (χ3v) is 3.66. The number of carbonyl (C=O) groups excluding carboxylic acids is 1. The number of rotatable bonds is 6. The van der Waals surface area contributed by atoms with Crippen molar-refractivity contribution in [3.05, 3.63) is 59.1 Å². The number of nitrogens with one attached hydrogen (secondary N) is 2. The predicted molar refractivity (Wildman–Crippen MR) is 89.6 cm³/mol. The van der Waals surface area contributed by atoms with Crippen molar-refractivity contribution in [1.29, 1.82) is 0 Å². The molecule has 2 aromatic carbocycles. The van der Waals surface area contributed by atoms with Gasteiger partial charge in [-0.05, 0) is 42.8 Å². The average Bonchev–Trinajstić information content (AvgIpc) is 2.53. The molecule has 1 unspecified atom stereocenters. The van der Waals surface area contributed by atoms with Gasteiger partial charge in [-0.25, -0.2) is 0 Å². The van der Waals surface area contributed by atoms with E-state index in [2.05, 4.69) is 15.4 Å². The largest absolute Gasteiger partial charge is 0.573 e. The molecule has 0 radical (unpaired) electrons. The number of amides is 1. The van der Waals surface area contributed by atoms with Crippen LogP contribution in [0.25, 0.3) is 0 Å². The third kappa shape index (κ3) is 6.28. The fourth-order valence-corrected chi connectivity index (χ4v) is 2.43. The Kier molecular flexibility index (Phi) is 6.27. The minimum absolute atomic E-state index is 0.0210. The molecule has 4 nitrogen and oxygen atoms in total. The van der Waals surface area contributed by atoms with E-state index in [1.54, 1.807) is 6.07 Å². The molecular weight excluding hydrogens is 357 g/mol. The van der Waals surface area contributed by atoms with Gasteiger partial charge in [0.05, 0.1) is 6.54 Å². The fraction of sp³-hybridized carbons (Fsp3) is 0.235. The van der Waals surface area contributed by atoms with E-state index in [0.29, 0.717) is 10.7 Å². The molecule has 0 spiro atoms. The summed E-state index contributed by atoms with van der Waals surface area (Å²) in [5.74, 6) is -0.681. The van der Waals surface area contributed by atoms with E-state index in [9.17, 15) is 18.0 Å². The minimum Gasteiger partial charge on any atom is -0.406 e. The second-order valence-corrected chi connectivity index (χ2v) is 5.65. The number of anilines is 1. The van der Waals surface area contributed by atoms with Crippen LogP contribution in [0.3, 0.4) is 0 Å². The maximum absolute atomic E-state index is 12.1. The smallest absolute Gasteiger partial charge is 0.406 e. The summed E-state index contributed by atoms with van der Waals surface area (Å²) in [6, 6.07) is 12.1. The van der Waals surface area contributed by atoms with Gasteiger partial charge in [0.2, 0.25) is 5.91 Å². The first-order chi connectivity index (χ1) is 11.7. The Bertz CT molecular complexity index is 721. The van der Waals surface area contributed by atoms with Gasteiger partial charge in [-0.1, -0.05) is 29.8 Å². The fourth-order valence-electron chi connectivity index (χ4n) is 2.13. The summed E-state index contributed by atoms with van der Waals surface area (Å²) in [5, 5.41) is 6.21. The monoisotopic (exact) mass is 372 g/mol. The lowest BCUT2D eigenvalue weighted by Gasteiger charge is -2.15. The number of ether oxygens (including phenoxy) is 1. The standard InChI is InChI=1S/C17H16ClF3N2O2/c1-11(14-4-2-3-5-15(14)18)22-10-16(24)23-12-6-8-13(9-7-12)25-17(19,20)21/h2-9,11,22H,10H2,1H3,(H,23,24). The van der Waals surface area contributed by atoms with Crippen LogP contribution in [0.2, 0.25) is 5.02 Å². The van der Waals surface area contributed by atoms with E-state index in [1.807, 2.05) is 25.1 Å². The van der Waals surface area contributed by atoms with Crippen LogP contribution in [0.1, 0.15) is 18.5 Å². The Morgan fingerprint density at radius 2 is 1.80 bits per heavy atom. The van der Waals surface area contributed by atoms with Crippen molar-refractivity contribution in [3.8, 4) is 5.75 Å². The Balaban J connectivity index is 1.85. The second kappa shape index (κ2) is 8.22. The van der Waals surface area contributed by atoms with Crippen LogP contribution < -0.4 is 15.4 Å². The Morgan fingerprint density at radius 1 is 1.16 bits per heavy atom. The number of hydrogen-bond acceptors (Lipinski definition) is 3. The summed E-state index contributed by atoms with van der Waals surface area (Å²) in [6.45, 7) is 1.89. The molecule has 0 aromatic heterocycles. The summed E-state index contributed by atoms with van der Waals surface area (Å²) in [7, 11) is 0. The van der Waals surface area contributed by atoms with Crippen LogP contribution in [0, 0.1) is 0 Å². The molecule has 0 aliphatic carbocycles. The van der Waals surface area contributed by atoms with Gasteiger partial charge in [0, 0.05) is 16.8 Å². The molecule has 2 rings (SSSR count). The van der Waals surface area contributed by atoms with Crippen LogP contribution >= 0.6 is 11.6 Å². The molecule has 0 fully saturated rings. The summed E-state index contributed by atoms with van der Waals surface area (Å²) < 4.78 is 40.0. The minimum atomic E-state index is -4.75. The molecule has 0 heterocycles. The van der Waals surface area contributed by atoms with Crippen LogP contribution in [0.4, 0.5) is 18.9 Å². The van der Waals surface area contributed by atoms with Crippen molar-refractivity contribution in [2.75, 3.05) is 11.9 Å². The third-order valence-electron chi connectivity index (χ3n) is 3.31. The zero-order valence-electron chi connectivity index (χ0n) is 13.2. The molecule has 25 heavy (non-hydrogen) atoms. The first kappa shape index (κ1) is 19.1. The number of halogens is 4. The molecule has 1 amide bonds. The van der Waals surface area contributed by atoms with Gasteiger partial charge in [0.25, 0.3) is 0 Å². The molecule has 0 aliphatic heterocycles. The highest BCUT2D eigenvalue weighted by molar-refractivity contribution is 6.31. The van der Waals surface area contributed by atoms with Gasteiger partial charge in [0.15, 0.2) is 0 Å². The molecular formula is C17H16ClF3N2O2. The van der Waals surface area contributed by atoms with Gasteiger partial charge in [0.1, 0.15) is 5.75 Å². The lowest BCUT2D eigenvalue weighted by molar-refractivity contribution is -0.274. The van der Waals surface area contributed by atoms with E-state index in [-0.39, 0.29) is 24.2 Å². The van der Waals surface area contributed by atoms with E-state index in [0.717, 1.165) is 17.7 Å². The van der Waals surface area contributed by atoms with Crippen molar-refractivity contribution in [2.45, 2.75) is 19.3 Å². The molecule has 0 aliphatic rings. The molecule has 134 valence electrons. The van der Waals surface area contributed by atoms with Crippen molar-refractivity contribution < 1.29 is 22.7 Å². The van der Waals surface area contributed by atoms with Gasteiger partial charge < -0.3 is 15.4 Å².